The molecule has 0 aliphatic heterocycles. The van der Waals surface area contributed by atoms with E-state index in [0.717, 1.165) is 39.9 Å². The monoisotopic (exact) mass is 562 g/mol. The Bertz CT molecular complexity index is 1440. The molecule has 4 aromatic carbocycles. The first-order chi connectivity index (χ1) is 19.7. The van der Waals surface area contributed by atoms with Gasteiger partial charge < -0.3 is 20.1 Å². The summed E-state index contributed by atoms with van der Waals surface area (Å²) in [6.45, 7) is 5.52. The van der Waals surface area contributed by atoms with Gasteiger partial charge in [0, 0.05) is 38.2 Å². The molecule has 0 bridgehead atoms. The van der Waals surface area contributed by atoms with E-state index >= 15 is 0 Å². The molecule has 0 aliphatic rings. The van der Waals surface area contributed by atoms with E-state index in [-0.39, 0.29) is 12.5 Å². The van der Waals surface area contributed by atoms with E-state index < -0.39 is 11.7 Å². The molecule has 4 rings (SSSR count). The van der Waals surface area contributed by atoms with Crippen LogP contribution in [0, 0.1) is 6.92 Å². The molecule has 1 amide bonds. The van der Waals surface area contributed by atoms with Crippen LogP contribution in [0.5, 0.6) is 11.5 Å². The van der Waals surface area contributed by atoms with Crippen LogP contribution in [0.4, 0.5) is 13.2 Å². The number of alkyl halides is 3. The molecule has 5 nitrogen and oxygen atoms in total. The molecule has 0 saturated heterocycles. The summed E-state index contributed by atoms with van der Waals surface area (Å²) >= 11 is 0. The summed E-state index contributed by atoms with van der Waals surface area (Å²) in [7, 11) is 0. The van der Waals surface area contributed by atoms with E-state index in [9.17, 15) is 18.0 Å². The molecule has 0 heterocycles. The lowest BCUT2D eigenvalue weighted by atomic mass is 9.97. The summed E-state index contributed by atoms with van der Waals surface area (Å²) in [4.78, 5) is 11.1. The minimum absolute atomic E-state index is 0.0959. The Kier molecular flexibility index (Phi) is 10.0. The molecule has 214 valence electrons. The number of rotatable bonds is 12. The summed E-state index contributed by atoms with van der Waals surface area (Å²) in [5, 5.41) is 6.00. The van der Waals surface area contributed by atoms with Crippen LogP contribution < -0.4 is 20.1 Å². The second-order valence-electron chi connectivity index (χ2n) is 9.66. The molecule has 0 saturated carbocycles. The number of ether oxygens (including phenoxy) is 2. The third-order valence-corrected chi connectivity index (χ3v) is 6.63. The number of amides is 1. The predicted octanol–water partition coefficient (Wildman–Crippen LogP) is 7.06. The molecule has 0 aliphatic carbocycles. The molecular formula is C33H33F3N2O3. The van der Waals surface area contributed by atoms with Crippen molar-refractivity contribution in [1.82, 2.24) is 10.6 Å². The third-order valence-electron chi connectivity index (χ3n) is 6.63. The zero-order valence-electron chi connectivity index (χ0n) is 23.1. The van der Waals surface area contributed by atoms with Gasteiger partial charge >= 0.3 is 6.18 Å². The lowest BCUT2D eigenvalue weighted by Crippen LogP contribution is -2.30. The fourth-order valence-corrected chi connectivity index (χ4v) is 4.34. The van der Waals surface area contributed by atoms with Crippen LogP contribution in [0.3, 0.4) is 0 Å². The molecule has 0 unspecified atom stereocenters. The zero-order valence-corrected chi connectivity index (χ0v) is 23.1. The van der Waals surface area contributed by atoms with Crippen molar-refractivity contribution in [3.05, 3.63) is 119 Å². The summed E-state index contributed by atoms with van der Waals surface area (Å²) in [6.07, 6.45) is -4.39. The highest BCUT2D eigenvalue weighted by Crippen LogP contribution is 2.31. The van der Waals surface area contributed by atoms with Gasteiger partial charge in [-0.1, -0.05) is 66.7 Å². The molecule has 41 heavy (non-hydrogen) atoms. The summed E-state index contributed by atoms with van der Waals surface area (Å²) in [5.41, 5.74) is 5.25. The maximum atomic E-state index is 12.9. The van der Waals surface area contributed by atoms with Gasteiger partial charge in [0.25, 0.3) is 0 Å². The first kappa shape index (κ1) is 29.7. The van der Waals surface area contributed by atoms with E-state index in [1.165, 1.54) is 19.1 Å². The maximum Gasteiger partial charge on any atom is 0.416 e. The Hall–Kier alpha value is -4.30. The number of hydrogen-bond acceptors (Lipinski definition) is 4. The summed E-state index contributed by atoms with van der Waals surface area (Å²) < 4.78 is 51.0. The molecule has 0 spiro atoms. The van der Waals surface area contributed by atoms with Gasteiger partial charge in [-0.15, -0.1) is 0 Å². The van der Waals surface area contributed by atoms with Gasteiger partial charge in [-0.3, -0.25) is 4.79 Å². The second-order valence-corrected chi connectivity index (χ2v) is 9.66. The standard InChI is InChI=1S/C33H33F3N2O3/c1-23-28(9-6-10-31(23)26-7-4-3-5-8-26)22-40-30-16-13-27(20-37-17-18-38-24(2)39)32(19-30)41-21-25-11-14-29(15-12-25)33(34,35)36/h3-16,19,37H,17-18,20-22H2,1-2H3,(H,38,39). The van der Waals surface area contributed by atoms with Gasteiger partial charge in [-0.05, 0) is 52.9 Å². The minimum atomic E-state index is -4.39. The molecule has 2 N–H and O–H groups in total. The van der Waals surface area contributed by atoms with Crippen LogP contribution in [0.15, 0.2) is 91.0 Å². The van der Waals surface area contributed by atoms with Crippen LogP contribution in [-0.2, 0) is 30.7 Å². The average molecular weight is 563 g/mol. The fraction of sp³-hybridized carbons (Fsp3) is 0.242. The van der Waals surface area contributed by atoms with Gasteiger partial charge in [-0.2, -0.15) is 13.2 Å². The lowest BCUT2D eigenvalue weighted by Gasteiger charge is -2.16. The second kappa shape index (κ2) is 13.9. The summed E-state index contributed by atoms with van der Waals surface area (Å²) in [6, 6.07) is 26.8. The Morgan fingerprint density at radius 2 is 1.56 bits per heavy atom. The zero-order chi connectivity index (χ0) is 29.2. The number of halogens is 3. The van der Waals surface area contributed by atoms with Gasteiger partial charge in [-0.25, -0.2) is 0 Å². The maximum absolute atomic E-state index is 12.9. The molecule has 8 heteroatoms. The van der Waals surface area contributed by atoms with Gasteiger partial charge in [0.15, 0.2) is 0 Å². The minimum Gasteiger partial charge on any atom is -0.489 e. The fourth-order valence-electron chi connectivity index (χ4n) is 4.34. The van der Waals surface area contributed by atoms with Crippen LogP contribution in [0.2, 0.25) is 0 Å². The SMILES string of the molecule is CC(=O)NCCNCc1ccc(OCc2cccc(-c3ccccc3)c2C)cc1OCc1ccc(C(F)(F)F)cc1. The van der Waals surface area contributed by atoms with E-state index in [1.807, 2.05) is 42.5 Å². The number of carbonyl (C=O) groups is 1. The van der Waals surface area contributed by atoms with Crippen molar-refractivity contribution in [3.63, 3.8) is 0 Å². The molecule has 0 aromatic heterocycles. The van der Waals surface area contributed by atoms with Crippen molar-refractivity contribution >= 4 is 5.91 Å². The summed E-state index contributed by atoms with van der Waals surface area (Å²) in [5.74, 6) is 1.07. The van der Waals surface area contributed by atoms with E-state index in [2.05, 4.69) is 35.8 Å². The van der Waals surface area contributed by atoms with Crippen molar-refractivity contribution in [1.29, 1.82) is 0 Å². The van der Waals surface area contributed by atoms with Gasteiger partial charge in [0.1, 0.15) is 24.7 Å². The predicted molar refractivity (Wildman–Crippen MR) is 154 cm³/mol. The van der Waals surface area contributed by atoms with Crippen LogP contribution in [0.25, 0.3) is 11.1 Å². The number of hydrogen-bond donors (Lipinski definition) is 2. The molecule has 0 radical (unpaired) electrons. The Balaban J connectivity index is 1.47. The van der Waals surface area contributed by atoms with E-state index in [0.29, 0.717) is 43.3 Å². The highest BCUT2D eigenvalue weighted by Gasteiger charge is 2.29. The largest absolute Gasteiger partial charge is 0.489 e. The van der Waals surface area contributed by atoms with Gasteiger partial charge in [0.05, 0.1) is 5.56 Å². The van der Waals surface area contributed by atoms with Gasteiger partial charge in [0.2, 0.25) is 5.91 Å². The van der Waals surface area contributed by atoms with Crippen molar-refractivity contribution in [2.45, 2.75) is 39.8 Å². The van der Waals surface area contributed by atoms with Crippen molar-refractivity contribution in [3.8, 4) is 22.6 Å². The number of benzene rings is 4. The smallest absolute Gasteiger partial charge is 0.416 e. The highest BCUT2D eigenvalue weighted by atomic mass is 19.4. The first-order valence-electron chi connectivity index (χ1n) is 13.3. The third kappa shape index (κ3) is 8.59. The molecular weight excluding hydrogens is 529 g/mol. The average Bonchev–Trinajstić information content (AvgIpc) is 2.96. The van der Waals surface area contributed by atoms with Crippen LogP contribution >= 0.6 is 0 Å². The lowest BCUT2D eigenvalue weighted by molar-refractivity contribution is -0.137. The van der Waals surface area contributed by atoms with Crippen molar-refractivity contribution in [2.75, 3.05) is 13.1 Å². The van der Waals surface area contributed by atoms with E-state index in [4.69, 9.17) is 9.47 Å². The number of nitrogens with one attached hydrogen (secondary N) is 2. The topological polar surface area (TPSA) is 59.6 Å². The molecule has 4 aromatic rings. The molecule has 0 atom stereocenters. The van der Waals surface area contributed by atoms with Crippen LogP contribution in [0.1, 0.15) is 34.7 Å². The molecule has 0 fully saturated rings. The number of carbonyl (C=O) groups excluding carboxylic acids is 1. The normalized spacial score (nSPS) is 11.2. The first-order valence-corrected chi connectivity index (χ1v) is 13.3. The highest BCUT2D eigenvalue weighted by molar-refractivity contribution is 5.72. The van der Waals surface area contributed by atoms with Crippen molar-refractivity contribution < 1.29 is 27.4 Å². The van der Waals surface area contributed by atoms with Crippen molar-refractivity contribution in [2.24, 2.45) is 0 Å². The van der Waals surface area contributed by atoms with Crippen LogP contribution in [-0.4, -0.2) is 19.0 Å². The Labute approximate surface area is 238 Å². The van der Waals surface area contributed by atoms with E-state index in [1.54, 1.807) is 6.07 Å². The Morgan fingerprint density at radius 1 is 0.805 bits per heavy atom. The quantitative estimate of drug-likeness (QED) is 0.182. The Morgan fingerprint density at radius 3 is 2.27 bits per heavy atom.